The lowest BCUT2D eigenvalue weighted by Crippen LogP contribution is -2.54. The number of halogens is 4. The number of carbonyl (C=O) groups excluding carboxylic acids is 3. The van der Waals surface area contributed by atoms with Crippen LogP contribution in [0.25, 0.3) is 0 Å². The molecule has 6 nitrogen and oxygen atoms in total. The summed E-state index contributed by atoms with van der Waals surface area (Å²) in [7, 11) is 0. The van der Waals surface area contributed by atoms with Gasteiger partial charge in [-0.25, -0.2) is 4.39 Å². The van der Waals surface area contributed by atoms with Gasteiger partial charge in [0.2, 0.25) is 17.7 Å². The van der Waals surface area contributed by atoms with E-state index >= 15 is 0 Å². The van der Waals surface area contributed by atoms with Crippen LogP contribution in [0.3, 0.4) is 0 Å². The zero-order valence-corrected chi connectivity index (χ0v) is 16.5. The second-order valence-electron chi connectivity index (χ2n) is 6.91. The number of primary amides is 1. The van der Waals surface area contributed by atoms with Gasteiger partial charge in [-0.3, -0.25) is 14.4 Å². The zero-order valence-electron chi connectivity index (χ0n) is 16.5. The number of hydrogen-bond acceptors (Lipinski definition) is 3. The quantitative estimate of drug-likeness (QED) is 0.549. The van der Waals surface area contributed by atoms with Crippen molar-refractivity contribution < 1.29 is 31.9 Å². The Morgan fingerprint density at radius 2 is 1.55 bits per heavy atom. The summed E-state index contributed by atoms with van der Waals surface area (Å²) in [5.41, 5.74) is 4.66. The lowest BCUT2D eigenvalue weighted by Gasteiger charge is -2.23. The van der Waals surface area contributed by atoms with E-state index in [2.05, 4.69) is 10.6 Å². The molecule has 4 N–H and O–H groups in total. The first-order valence-electron chi connectivity index (χ1n) is 9.23. The van der Waals surface area contributed by atoms with Crippen LogP contribution in [0, 0.1) is 5.82 Å². The number of nitrogens with one attached hydrogen (secondary N) is 2. The maximum absolute atomic E-state index is 13.2. The van der Waals surface area contributed by atoms with Crippen molar-refractivity contribution in [2.24, 2.45) is 5.73 Å². The van der Waals surface area contributed by atoms with Crippen LogP contribution < -0.4 is 16.4 Å². The van der Waals surface area contributed by atoms with Crippen molar-refractivity contribution in [1.29, 1.82) is 0 Å². The fraction of sp³-hybridized carbons (Fsp3) is 0.286. The van der Waals surface area contributed by atoms with Crippen molar-refractivity contribution in [1.82, 2.24) is 10.6 Å². The van der Waals surface area contributed by atoms with Gasteiger partial charge in [-0.15, -0.1) is 0 Å². The third kappa shape index (κ3) is 7.09. The Bertz CT molecular complexity index is 946. The molecule has 0 spiro atoms. The van der Waals surface area contributed by atoms with Gasteiger partial charge < -0.3 is 16.4 Å². The normalized spacial score (nSPS) is 13.2. The first kappa shape index (κ1) is 23.8. The molecule has 0 radical (unpaired) electrons. The predicted molar refractivity (Wildman–Crippen MR) is 104 cm³/mol. The minimum atomic E-state index is -4.65. The van der Waals surface area contributed by atoms with Crippen LogP contribution in [0.2, 0.25) is 0 Å². The van der Waals surface area contributed by atoms with E-state index in [9.17, 15) is 31.9 Å². The topological polar surface area (TPSA) is 101 Å². The molecule has 0 aliphatic heterocycles. The van der Waals surface area contributed by atoms with Crippen LogP contribution in [0.15, 0.2) is 48.5 Å². The largest absolute Gasteiger partial charge is 0.416 e. The van der Waals surface area contributed by atoms with E-state index in [1.165, 1.54) is 49.4 Å². The van der Waals surface area contributed by atoms with Gasteiger partial charge in [0.15, 0.2) is 0 Å². The number of hydrogen-bond donors (Lipinski definition) is 3. The van der Waals surface area contributed by atoms with E-state index in [4.69, 9.17) is 5.73 Å². The van der Waals surface area contributed by atoms with E-state index in [0.29, 0.717) is 5.56 Å². The second-order valence-corrected chi connectivity index (χ2v) is 6.91. The van der Waals surface area contributed by atoms with Crippen molar-refractivity contribution in [3.8, 4) is 0 Å². The molecule has 0 saturated heterocycles. The number of alkyl halides is 3. The van der Waals surface area contributed by atoms with Gasteiger partial charge in [-0.1, -0.05) is 30.3 Å². The molecule has 2 aromatic carbocycles. The highest BCUT2D eigenvalue weighted by molar-refractivity contribution is 5.91. The fourth-order valence-corrected chi connectivity index (χ4v) is 3.00. The summed E-state index contributed by atoms with van der Waals surface area (Å²) >= 11 is 0. The smallest absolute Gasteiger partial charge is 0.368 e. The highest BCUT2D eigenvalue weighted by atomic mass is 19.4. The zero-order chi connectivity index (χ0) is 23.2. The predicted octanol–water partition coefficient (Wildman–Crippen LogP) is 2.10. The van der Waals surface area contributed by atoms with E-state index in [0.717, 1.165) is 6.07 Å². The molecule has 0 aromatic heterocycles. The number of nitrogens with two attached hydrogens (primary N) is 1. The first-order valence-corrected chi connectivity index (χ1v) is 9.23. The van der Waals surface area contributed by atoms with Gasteiger partial charge in [0.05, 0.1) is 5.56 Å². The van der Waals surface area contributed by atoms with Gasteiger partial charge in [-0.05, 0) is 29.3 Å². The third-order valence-corrected chi connectivity index (χ3v) is 4.45. The maximum atomic E-state index is 13.2. The number of benzene rings is 2. The summed E-state index contributed by atoms with van der Waals surface area (Å²) in [5, 5.41) is 4.72. The van der Waals surface area contributed by atoms with Gasteiger partial charge in [0, 0.05) is 19.8 Å². The third-order valence-electron chi connectivity index (χ3n) is 4.45. The average Bonchev–Trinajstić information content (AvgIpc) is 2.67. The molecule has 31 heavy (non-hydrogen) atoms. The molecule has 166 valence electrons. The molecule has 0 aliphatic rings. The van der Waals surface area contributed by atoms with Crippen molar-refractivity contribution in [2.45, 2.75) is 38.0 Å². The van der Waals surface area contributed by atoms with Crippen LogP contribution in [-0.2, 0) is 33.4 Å². The molecule has 2 aromatic rings. The summed E-state index contributed by atoms with van der Waals surface area (Å²) in [6.45, 7) is 1.18. The standard InChI is InChI=1S/C21H21F4N3O3/c1-12(29)27-18(10-13-6-8-15(22)9-7-13)20(31)28-17(19(26)30)11-14-4-2-3-5-16(14)21(23,24)25/h2-9,17-18H,10-11H2,1H3,(H2,26,30)(H,27,29)(H,28,31)/t17-,18-/m1/s1. The summed E-state index contributed by atoms with van der Waals surface area (Å²) < 4.78 is 52.8. The molecule has 0 saturated carbocycles. The van der Waals surface area contributed by atoms with Gasteiger partial charge >= 0.3 is 6.18 Å². The molecule has 0 heterocycles. The molecular weight excluding hydrogens is 418 g/mol. The lowest BCUT2D eigenvalue weighted by molar-refractivity contribution is -0.138. The Hall–Kier alpha value is -3.43. The fourth-order valence-electron chi connectivity index (χ4n) is 3.00. The van der Waals surface area contributed by atoms with Crippen LogP contribution in [0.4, 0.5) is 17.6 Å². The summed E-state index contributed by atoms with van der Waals surface area (Å²) in [6.07, 6.45) is -5.17. The maximum Gasteiger partial charge on any atom is 0.416 e. The molecule has 0 aliphatic carbocycles. The molecular formula is C21H21F4N3O3. The molecule has 2 rings (SSSR count). The summed E-state index contributed by atoms with van der Waals surface area (Å²) in [5.74, 6) is -2.87. The van der Waals surface area contributed by atoms with Crippen LogP contribution in [0.1, 0.15) is 23.6 Å². The van der Waals surface area contributed by atoms with E-state index in [1.54, 1.807) is 0 Å². The van der Waals surface area contributed by atoms with Crippen molar-refractivity contribution >= 4 is 17.7 Å². The first-order chi connectivity index (χ1) is 14.5. The number of rotatable bonds is 8. The van der Waals surface area contributed by atoms with Gasteiger partial charge in [0.25, 0.3) is 0 Å². The lowest BCUT2D eigenvalue weighted by atomic mass is 9.98. The van der Waals surface area contributed by atoms with Gasteiger partial charge in [-0.2, -0.15) is 13.2 Å². The minimum absolute atomic E-state index is 0.0314. The Morgan fingerprint density at radius 1 is 0.935 bits per heavy atom. The monoisotopic (exact) mass is 439 g/mol. The SMILES string of the molecule is CC(=O)N[C@H](Cc1ccc(F)cc1)C(=O)N[C@H](Cc1ccccc1C(F)(F)F)C(N)=O. The Balaban J connectivity index is 2.21. The molecule has 0 unspecified atom stereocenters. The highest BCUT2D eigenvalue weighted by Gasteiger charge is 2.34. The number of carbonyl (C=O) groups is 3. The minimum Gasteiger partial charge on any atom is -0.368 e. The summed E-state index contributed by atoms with van der Waals surface area (Å²) in [4.78, 5) is 36.0. The molecule has 3 amide bonds. The van der Waals surface area contributed by atoms with Crippen molar-refractivity contribution in [2.75, 3.05) is 0 Å². The Morgan fingerprint density at radius 3 is 2.10 bits per heavy atom. The summed E-state index contributed by atoms with van der Waals surface area (Å²) in [6, 6.07) is 7.24. The molecule has 0 fully saturated rings. The highest BCUT2D eigenvalue weighted by Crippen LogP contribution is 2.32. The average molecular weight is 439 g/mol. The van der Waals surface area contributed by atoms with E-state index < -0.39 is 53.8 Å². The molecule has 0 bridgehead atoms. The van der Waals surface area contributed by atoms with E-state index in [-0.39, 0.29) is 12.0 Å². The molecule has 2 atom stereocenters. The van der Waals surface area contributed by atoms with Crippen molar-refractivity contribution in [3.05, 3.63) is 71.0 Å². The van der Waals surface area contributed by atoms with Crippen LogP contribution in [0.5, 0.6) is 0 Å². The van der Waals surface area contributed by atoms with E-state index in [1.807, 2.05) is 0 Å². The van der Waals surface area contributed by atoms with Crippen molar-refractivity contribution in [3.63, 3.8) is 0 Å². The Labute approximate surface area is 175 Å². The second kappa shape index (κ2) is 10.1. The molecule has 10 heteroatoms. The Kier molecular flexibility index (Phi) is 7.73. The van der Waals surface area contributed by atoms with Crippen LogP contribution >= 0.6 is 0 Å². The van der Waals surface area contributed by atoms with Crippen LogP contribution in [-0.4, -0.2) is 29.8 Å². The number of amides is 3. The van der Waals surface area contributed by atoms with Gasteiger partial charge in [0.1, 0.15) is 17.9 Å².